The Kier molecular flexibility index (Phi) is 7.54. The molecule has 2 aromatic carbocycles. The Labute approximate surface area is 187 Å². The van der Waals surface area contributed by atoms with E-state index in [2.05, 4.69) is 88.4 Å². The van der Waals surface area contributed by atoms with Crippen LogP contribution in [-0.4, -0.2) is 0 Å². The van der Waals surface area contributed by atoms with Gasteiger partial charge >= 0.3 is 163 Å². The van der Waals surface area contributed by atoms with Gasteiger partial charge in [0.25, 0.3) is 0 Å². The summed E-state index contributed by atoms with van der Waals surface area (Å²) in [7, 11) is 0. The molecule has 0 N–H and O–H groups in total. The summed E-state index contributed by atoms with van der Waals surface area (Å²) in [6.07, 6.45) is 2.57. The number of hydrogen-bond acceptors (Lipinski definition) is 0. The zero-order valence-corrected chi connectivity index (χ0v) is 20.2. The van der Waals surface area contributed by atoms with Gasteiger partial charge in [-0.2, -0.15) is 0 Å². The first-order valence-corrected chi connectivity index (χ1v) is 11.7. The third-order valence-corrected chi connectivity index (χ3v) is 10.6. The fourth-order valence-corrected chi connectivity index (χ4v) is 8.69. The third kappa shape index (κ3) is 3.98. The van der Waals surface area contributed by atoms with Crippen LogP contribution in [0, 0.1) is 5.92 Å². The molecule has 0 amide bonds. The van der Waals surface area contributed by atoms with E-state index in [1.807, 2.05) is 0 Å². The predicted molar refractivity (Wildman–Crippen MR) is 103 cm³/mol. The Bertz CT molecular complexity index is 922. The molecule has 3 heteroatoms. The summed E-state index contributed by atoms with van der Waals surface area (Å²) in [6, 6.07) is 19.9. The van der Waals surface area contributed by atoms with Crippen molar-refractivity contribution in [3.63, 3.8) is 0 Å². The van der Waals surface area contributed by atoms with E-state index < -0.39 is 23.2 Å². The van der Waals surface area contributed by atoms with Crippen LogP contribution < -0.4 is 24.8 Å². The monoisotopic (exact) mass is 472 g/mol. The van der Waals surface area contributed by atoms with E-state index in [4.69, 9.17) is 0 Å². The van der Waals surface area contributed by atoms with E-state index in [9.17, 15) is 0 Å². The van der Waals surface area contributed by atoms with Crippen molar-refractivity contribution < 1.29 is 48.0 Å². The predicted octanol–water partition coefficient (Wildman–Crippen LogP) is 0.524. The second-order valence-electron chi connectivity index (χ2n) is 7.22. The van der Waals surface area contributed by atoms with Crippen LogP contribution in [0.5, 0.6) is 0 Å². The van der Waals surface area contributed by atoms with Crippen molar-refractivity contribution >= 4 is 5.57 Å². The molecule has 0 nitrogen and oxygen atoms in total. The number of allylic oxidation sites excluding steroid dienone is 5. The number of halogens is 2. The van der Waals surface area contributed by atoms with Crippen molar-refractivity contribution in [1.29, 1.82) is 0 Å². The van der Waals surface area contributed by atoms with Gasteiger partial charge in [0.2, 0.25) is 0 Å². The van der Waals surface area contributed by atoms with Gasteiger partial charge < -0.3 is 24.8 Å². The van der Waals surface area contributed by atoms with Gasteiger partial charge in [-0.15, -0.1) is 0 Å². The molecule has 0 aliphatic heterocycles. The molecule has 0 radical (unpaired) electrons. The van der Waals surface area contributed by atoms with Gasteiger partial charge in [0, 0.05) is 0 Å². The molecule has 0 heterocycles. The normalized spacial score (nSPS) is 20.5. The molecular formula is C24H24Cl2Zr. The van der Waals surface area contributed by atoms with E-state index in [0.717, 1.165) is 0 Å². The first-order chi connectivity index (χ1) is 12.1. The van der Waals surface area contributed by atoms with Gasteiger partial charge in [0.1, 0.15) is 0 Å². The maximum atomic E-state index is 2.57. The summed E-state index contributed by atoms with van der Waals surface area (Å²) in [5.41, 5.74) is 10.5. The van der Waals surface area contributed by atoms with Crippen LogP contribution in [0.1, 0.15) is 48.0 Å². The molecule has 27 heavy (non-hydrogen) atoms. The smallest absolute Gasteiger partial charge is 1.00 e. The van der Waals surface area contributed by atoms with Crippen LogP contribution in [0.3, 0.4) is 0 Å². The first-order valence-electron chi connectivity index (χ1n) is 9.09. The van der Waals surface area contributed by atoms with Gasteiger partial charge in [-0.3, -0.25) is 0 Å². The summed E-state index contributed by atoms with van der Waals surface area (Å²) in [4.78, 5) is 0. The van der Waals surface area contributed by atoms with E-state index in [1.54, 1.807) is 25.6 Å². The molecule has 2 aliphatic carbocycles. The summed E-state index contributed by atoms with van der Waals surface area (Å²) in [6.45, 7) is 9.39. The molecule has 0 spiro atoms. The van der Waals surface area contributed by atoms with Crippen LogP contribution >= 0.6 is 0 Å². The van der Waals surface area contributed by atoms with Crippen LogP contribution in [0.4, 0.5) is 0 Å². The van der Waals surface area contributed by atoms with Gasteiger partial charge in [0.15, 0.2) is 0 Å². The van der Waals surface area contributed by atoms with Gasteiger partial charge in [0.05, 0.1) is 0 Å². The Balaban J connectivity index is 0.00000131. The van der Waals surface area contributed by atoms with Crippen molar-refractivity contribution in [2.24, 2.45) is 5.92 Å². The van der Waals surface area contributed by atoms with E-state index >= 15 is 0 Å². The summed E-state index contributed by atoms with van der Waals surface area (Å²) >= 11 is -0.717. The average Bonchev–Trinajstić information content (AvgIpc) is 3.10. The average molecular weight is 475 g/mol. The molecule has 0 aromatic heterocycles. The van der Waals surface area contributed by atoms with Crippen molar-refractivity contribution in [1.82, 2.24) is 0 Å². The molecule has 0 saturated carbocycles. The van der Waals surface area contributed by atoms with Crippen LogP contribution in [0.2, 0.25) is 0 Å². The molecule has 138 valence electrons. The second kappa shape index (κ2) is 9.08. The molecular weight excluding hydrogens is 450 g/mol. The third-order valence-electron chi connectivity index (χ3n) is 5.96. The fraction of sp³-hybridized carbons (Fsp3) is 0.250. The maximum absolute atomic E-state index is 2.57. The minimum absolute atomic E-state index is 0. The summed E-state index contributed by atoms with van der Waals surface area (Å²) in [5.74, 6) is 0.660. The molecule has 0 bridgehead atoms. The molecule has 2 atom stereocenters. The van der Waals surface area contributed by atoms with Gasteiger partial charge in [-0.1, -0.05) is 0 Å². The minimum Gasteiger partial charge on any atom is -1.00 e. The van der Waals surface area contributed by atoms with Gasteiger partial charge in [-0.25, -0.2) is 0 Å². The number of fused-ring (bicyclic) bond motifs is 1. The Morgan fingerprint density at radius 2 is 1.41 bits per heavy atom. The SMILES string of the molecule is CC1=C(C)C(C)[C]([Zr+2][CH]2C=C(c3ccccc3)c3ccccc32)=C1C.[Cl-].[Cl-]. The molecule has 0 fully saturated rings. The van der Waals surface area contributed by atoms with Crippen molar-refractivity contribution in [3.8, 4) is 0 Å². The minimum atomic E-state index is -0.717. The standard InChI is InChI=1S/C15H11.C9H13.2ClH.Zr/c1-2-6-12(7-3-1)15-11-10-13-8-4-5-9-14(13)15;1-6-5-7(2)9(4)8(6)3;;;/h1-11H;6H,1-4H3;2*1H;/q;;;;+2/p-2. The summed E-state index contributed by atoms with van der Waals surface area (Å²) in [5, 5.41) is 0. The topological polar surface area (TPSA) is 0 Å². The van der Waals surface area contributed by atoms with Crippen molar-refractivity contribution in [3.05, 3.63) is 97.4 Å². The zero-order valence-electron chi connectivity index (χ0n) is 16.2. The molecule has 4 rings (SSSR count). The van der Waals surface area contributed by atoms with Crippen LogP contribution in [0.15, 0.2) is 80.7 Å². The summed E-state index contributed by atoms with van der Waals surface area (Å²) < 4.78 is 2.45. The number of benzene rings is 2. The fourth-order valence-electron chi connectivity index (χ4n) is 4.11. The zero-order chi connectivity index (χ0) is 17.6. The largest absolute Gasteiger partial charge is 1.00 e. The van der Waals surface area contributed by atoms with Crippen LogP contribution in [0.25, 0.3) is 5.57 Å². The molecule has 0 saturated heterocycles. The Morgan fingerprint density at radius 3 is 2.04 bits per heavy atom. The quantitative estimate of drug-likeness (QED) is 0.609. The van der Waals surface area contributed by atoms with Crippen molar-refractivity contribution in [2.75, 3.05) is 0 Å². The first kappa shape index (κ1) is 22.4. The van der Waals surface area contributed by atoms with E-state index in [0.29, 0.717) is 9.54 Å². The maximum Gasteiger partial charge on any atom is -1.00 e. The van der Waals surface area contributed by atoms with E-state index in [1.165, 1.54) is 16.7 Å². The number of rotatable bonds is 3. The molecule has 2 aromatic rings. The van der Waals surface area contributed by atoms with Crippen LogP contribution in [-0.2, 0) is 23.2 Å². The van der Waals surface area contributed by atoms with E-state index in [-0.39, 0.29) is 24.8 Å². The van der Waals surface area contributed by atoms with Crippen molar-refractivity contribution in [2.45, 2.75) is 31.3 Å². The molecule has 2 unspecified atom stereocenters. The molecule has 2 aliphatic rings. The second-order valence-corrected chi connectivity index (χ2v) is 10.8. The Morgan fingerprint density at radius 1 is 0.778 bits per heavy atom. The Hall–Kier alpha value is -0.877. The number of hydrogen-bond donors (Lipinski definition) is 0. The van der Waals surface area contributed by atoms with Gasteiger partial charge in [-0.05, 0) is 0 Å².